The third-order valence-corrected chi connectivity index (χ3v) is 5.79. The van der Waals surface area contributed by atoms with Gasteiger partial charge in [0.15, 0.2) is 5.78 Å². The van der Waals surface area contributed by atoms with Gasteiger partial charge in [0.25, 0.3) is 5.91 Å². The molecular formula is C21H16Cl2FNO5. The molecule has 0 aromatic heterocycles. The van der Waals surface area contributed by atoms with E-state index in [1.165, 1.54) is 35.2 Å². The lowest BCUT2D eigenvalue weighted by Crippen LogP contribution is -2.44. The van der Waals surface area contributed by atoms with Crippen LogP contribution in [0, 0.1) is 5.82 Å². The second-order valence-electron chi connectivity index (χ2n) is 7.01. The molecule has 0 spiro atoms. The van der Waals surface area contributed by atoms with E-state index in [4.69, 9.17) is 27.9 Å². The summed E-state index contributed by atoms with van der Waals surface area (Å²) in [5.74, 6) is -1.25. The van der Waals surface area contributed by atoms with Gasteiger partial charge in [-0.1, -0.05) is 29.3 Å². The number of nitrogens with zero attached hydrogens (tertiary/aromatic N) is 1. The van der Waals surface area contributed by atoms with Crippen molar-refractivity contribution >= 4 is 40.6 Å². The zero-order valence-corrected chi connectivity index (χ0v) is 17.0. The van der Waals surface area contributed by atoms with Crippen LogP contribution in [0.4, 0.5) is 10.1 Å². The number of Topliss-reactive ketones (excluding diaryl/α,β-unsaturated/α-hetero) is 1. The van der Waals surface area contributed by atoms with Crippen molar-refractivity contribution in [1.82, 2.24) is 0 Å². The number of rotatable bonds is 4. The highest BCUT2D eigenvalue weighted by atomic mass is 35.5. The molecule has 2 unspecified atom stereocenters. The molecule has 6 nitrogen and oxygen atoms in total. The maximum absolute atomic E-state index is 13.9. The van der Waals surface area contributed by atoms with Crippen LogP contribution < -0.4 is 9.64 Å². The van der Waals surface area contributed by atoms with E-state index < -0.39 is 29.7 Å². The summed E-state index contributed by atoms with van der Waals surface area (Å²) < 4.78 is 19.5. The Morgan fingerprint density at radius 2 is 1.80 bits per heavy atom. The molecule has 1 aliphatic carbocycles. The average Bonchev–Trinajstić information content (AvgIpc) is 3.00. The van der Waals surface area contributed by atoms with Crippen LogP contribution in [-0.4, -0.2) is 40.7 Å². The molecule has 1 amide bonds. The Bertz CT molecular complexity index is 1070. The summed E-state index contributed by atoms with van der Waals surface area (Å²) in [5, 5.41) is 20.4. The first-order chi connectivity index (χ1) is 14.3. The number of hydrogen-bond donors (Lipinski definition) is 2. The van der Waals surface area contributed by atoms with Crippen LogP contribution >= 0.6 is 23.2 Å². The van der Waals surface area contributed by atoms with Crippen molar-refractivity contribution in [3.63, 3.8) is 0 Å². The molecule has 0 radical (unpaired) electrons. The minimum absolute atomic E-state index is 0.0171. The predicted molar refractivity (Wildman–Crippen MR) is 108 cm³/mol. The van der Waals surface area contributed by atoms with E-state index in [9.17, 15) is 24.2 Å². The van der Waals surface area contributed by atoms with Gasteiger partial charge in [0.2, 0.25) is 0 Å². The van der Waals surface area contributed by atoms with Crippen molar-refractivity contribution < 1.29 is 28.9 Å². The van der Waals surface area contributed by atoms with Crippen LogP contribution in [0.2, 0.25) is 10.0 Å². The van der Waals surface area contributed by atoms with Crippen molar-refractivity contribution in [3.8, 4) is 5.75 Å². The highest BCUT2D eigenvalue weighted by Gasteiger charge is 2.44. The van der Waals surface area contributed by atoms with Gasteiger partial charge in [0.1, 0.15) is 18.2 Å². The maximum atomic E-state index is 13.9. The number of halogens is 3. The van der Waals surface area contributed by atoms with Crippen molar-refractivity contribution in [2.45, 2.75) is 25.2 Å². The molecular weight excluding hydrogens is 436 g/mol. The van der Waals surface area contributed by atoms with E-state index in [1.807, 2.05) is 0 Å². The number of carbonyl (C=O) groups is 2. The van der Waals surface area contributed by atoms with E-state index in [2.05, 4.69) is 0 Å². The van der Waals surface area contributed by atoms with Crippen LogP contribution in [0.15, 0.2) is 47.5 Å². The van der Waals surface area contributed by atoms with Gasteiger partial charge in [-0.3, -0.25) is 9.59 Å². The van der Waals surface area contributed by atoms with Gasteiger partial charge in [0.05, 0.1) is 34.4 Å². The van der Waals surface area contributed by atoms with E-state index in [0.717, 1.165) is 0 Å². The molecule has 0 saturated heterocycles. The summed E-state index contributed by atoms with van der Waals surface area (Å²) >= 11 is 12.3. The Balaban J connectivity index is 1.56. The topological polar surface area (TPSA) is 87.1 Å². The number of anilines is 1. The number of aliphatic hydroxyl groups excluding tert-OH is 2. The predicted octanol–water partition coefficient (Wildman–Crippen LogP) is 3.05. The molecule has 1 heterocycles. The van der Waals surface area contributed by atoms with Gasteiger partial charge in [0, 0.05) is 23.2 Å². The molecule has 2 aromatic carbocycles. The SMILES string of the molecule is O=C1CN(c2ccc(OCc3c(F)cccc3Cl)c(Cl)c2)C(=O)C2=C1C(O)CC2O. The fourth-order valence-electron chi connectivity index (χ4n) is 3.65. The lowest BCUT2D eigenvalue weighted by molar-refractivity contribution is -0.121. The van der Waals surface area contributed by atoms with Gasteiger partial charge < -0.3 is 19.8 Å². The zero-order valence-electron chi connectivity index (χ0n) is 15.4. The Hall–Kier alpha value is -2.45. The Morgan fingerprint density at radius 3 is 2.50 bits per heavy atom. The fourth-order valence-corrected chi connectivity index (χ4v) is 4.10. The van der Waals surface area contributed by atoms with Crippen LogP contribution in [0.3, 0.4) is 0 Å². The molecule has 2 atom stereocenters. The van der Waals surface area contributed by atoms with Crippen molar-refractivity contribution in [2.24, 2.45) is 0 Å². The van der Waals surface area contributed by atoms with E-state index >= 15 is 0 Å². The number of benzene rings is 2. The Labute approximate surface area is 181 Å². The monoisotopic (exact) mass is 451 g/mol. The van der Waals surface area contributed by atoms with Gasteiger partial charge in [-0.15, -0.1) is 0 Å². The highest BCUT2D eigenvalue weighted by molar-refractivity contribution is 6.32. The lowest BCUT2D eigenvalue weighted by Gasteiger charge is -2.28. The second kappa shape index (κ2) is 8.00. The molecule has 0 bridgehead atoms. The van der Waals surface area contributed by atoms with E-state index in [0.29, 0.717) is 5.69 Å². The maximum Gasteiger partial charge on any atom is 0.257 e. The molecule has 2 aromatic rings. The standard InChI is InChI=1S/C21H16Cl2FNO5/c22-12-2-1-3-14(24)11(12)9-30-18-5-4-10(6-13(18)23)25-8-17(28)19-15(26)7-16(27)20(19)21(25)29/h1-6,15-16,26-27H,7-9H2. The van der Waals surface area contributed by atoms with Crippen LogP contribution in [0.25, 0.3) is 0 Å². The molecule has 2 N–H and O–H groups in total. The molecule has 156 valence electrons. The average molecular weight is 452 g/mol. The smallest absolute Gasteiger partial charge is 0.257 e. The Morgan fingerprint density at radius 1 is 1.07 bits per heavy atom. The van der Waals surface area contributed by atoms with Crippen LogP contribution in [0.1, 0.15) is 12.0 Å². The lowest BCUT2D eigenvalue weighted by atomic mass is 9.98. The molecule has 9 heteroatoms. The summed E-state index contributed by atoms with van der Waals surface area (Å²) in [6, 6.07) is 8.76. The van der Waals surface area contributed by atoms with Gasteiger partial charge in [-0.25, -0.2) is 4.39 Å². The van der Waals surface area contributed by atoms with Crippen molar-refractivity contribution in [1.29, 1.82) is 0 Å². The van der Waals surface area contributed by atoms with Gasteiger partial charge >= 0.3 is 0 Å². The molecule has 2 aliphatic rings. The molecule has 30 heavy (non-hydrogen) atoms. The van der Waals surface area contributed by atoms with E-state index in [-0.39, 0.29) is 52.1 Å². The molecule has 0 saturated carbocycles. The van der Waals surface area contributed by atoms with Crippen molar-refractivity contribution in [2.75, 3.05) is 11.4 Å². The minimum atomic E-state index is -1.20. The first-order valence-electron chi connectivity index (χ1n) is 9.08. The summed E-state index contributed by atoms with van der Waals surface area (Å²) in [5.41, 5.74) is 0.417. The number of amides is 1. The number of ether oxygens (including phenoxy) is 1. The number of aliphatic hydroxyl groups is 2. The molecule has 0 fully saturated rings. The van der Waals surface area contributed by atoms with Crippen LogP contribution in [0.5, 0.6) is 5.75 Å². The second-order valence-corrected chi connectivity index (χ2v) is 7.83. The first-order valence-corrected chi connectivity index (χ1v) is 9.84. The molecule has 4 rings (SSSR count). The van der Waals surface area contributed by atoms with Gasteiger partial charge in [-0.05, 0) is 30.3 Å². The highest BCUT2D eigenvalue weighted by Crippen LogP contribution is 2.37. The number of ketones is 1. The van der Waals surface area contributed by atoms with Crippen LogP contribution in [-0.2, 0) is 16.2 Å². The quantitative estimate of drug-likeness (QED) is 0.745. The minimum Gasteiger partial charge on any atom is -0.487 e. The summed E-state index contributed by atoms with van der Waals surface area (Å²) in [4.78, 5) is 26.4. The first kappa shape index (κ1) is 20.8. The van der Waals surface area contributed by atoms with E-state index in [1.54, 1.807) is 6.07 Å². The third kappa shape index (κ3) is 3.58. The largest absolute Gasteiger partial charge is 0.487 e. The van der Waals surface area contributed by atoms with Gasteiger partial charge in [-0.2, -0.15) is 0 Å². The summed E-state index contributed by atoms with van der Waals surface area (Å²) in [6.45, 7) is -0.422. The normalized spacial score (nSPS) is 21.3. The Kier molecular flexibility index (Phi) is 5.55. The fraction of sp³-hybridized carbons (Fsp3) is 0.238. The third-order valence-electron chi connectivity index (χ3n) is 5.14. The summed E-state index contributed by atoms with van der Waals surface area (Å²) in [6.07, 6.45) is -2.42. The van der Waals surface area contributed by atoms with Crippen molar-refractivity contribution in [3.05, 3.63) is 69.0 Å². The number of carbonyl (C=O) groups excluding carboxylic acids is 2. The zero-order chi connectivity index (χ0) is 21.6. The summed E-state index contributed by atoms with van der Waals surface area (Å²) in [7, 11) is 0. The number of hydrogen-bond acceptors (Lipinski definition) is 5. The molecule has 1 aliphatic heterocycles.